The number of hydrogen-bond donors (Lipinski definition) is 3. The molecule has 2 amide bonds. The van der Waals surface area contributed by atoms with Crippen LogP contribution in [0.25, 0.3) is 0 Å². The minimum absolute atomic E-state index is 0.116. The number of benzene rings is 1. The molecular weight excluding hydrogens is 514 g/mol. The Morgan fingerprint density at radius 1 is 1.26 bits per heavy atom. The molecule has 2 saturated heterocycles. The number of halogens is 5. The molecule has 3 aliphatic rings. The second kappa shape index (κ2) is 8.04. The smallest absolute Gasteiger partial charge is 0.434 e. The van der Waals surface area contributed by atoms with Crippen LogP contribution in [0.3, 0.4) is 0 Å². The number of amides is 2. The lowest BCUT2D eigenvalue weighted by Gasteiger charge is -2.35. The van der Waals surface area contributed by atoms with Crippen LogP contribution in [0.2, 0.25) is 10.0 Å². The SMILES string of the molecule is O=C(Nc1cncc(C(F)(F)F)n1)C1C2CCCN2C2(C(=O)Nc3c(Cl)cc(Cl)cc32)C1C(=O)O. The van der Waals surface area contributed by atoms with Gasteiger partial charge in [0.2, 0.25) is 5.91 Å². The van der Waals surface area contributed by atoms with E-state index in [2.05, 4.69) is 20.6 Å². The first-order valence-electron chi connectivity index (χ1n) is 10.5. The van der Waals surface area contributed by atoms with E-state index in [0.717, 1.165) is 6.20 Å². The maximum atomic E-state index is 13.5. The Balaban J connectivity index is 1.60. The molecule has 4 atom stereocenters. The zero-order chi connectivity index (χ0) is 25.3. The van der Waals surface area contributed by atoms with Crippen LogP contribution in [0.5, 0.6) is 0 Å². The predicted octanol–water partition coefficient (Wildman–Crippen LogP) is 3.38. The van der Waals surface area contributed by atoms with Crippen molar-refractivity contribution >= 4 is 52.5 Å². The number of nitrogens with zero attached hydrogens (tertiary/aromatic N) is 3. The number of carboxylic acid groups (broad SMARTS) is 1. The first-order valence-corrected chi connectivity index (χ1v) is 11.2. The van der Waals surface area contributed by atoms with Crippen LogP contribution in [0.4, 0.5) is 24.7 Å². The Bertz CT molecular complexity index is 1280. The maximum Gasteiger partial charge on any atom is 0.434 e. The summed E-state index contributed by atoms with van der Waals surface area (Å²) in [6.07, 6.45) is -2.39. The third-order valence-corrected chi connectivity index (χ3v) is 7.29. The van der Waals surface area contributed by atoms with Crippen molar-refractivity contribution in [2.24, 2.45) is 11.8 Å². The van der Waals surface area contributed by atoms with Crippen LogP contribution >= 0.6 is 23.2 Å². The number of carbonyl (C=O) groups excluding carboxylic acids is 2. The van der Waals surface area contributed by atoms with Crippen molar-refractivity contribution in [1.82, 2.24) is 14.9 Å². The standard InChI is InChI=1S/C21H16Cl2F3N5O4/c22-8-4-9-16(10(23)5-8)30-19(35)20(9)15(18(33)34)14(11-2-1-3-31(11)20)17(32)29-13-7-27-6-12(28-13)21(24,25)26/h4-7,11,14-15H,1-3H2,(H,30,35)(H,33,34)(H,28,29,32). The topological polar surface area (TPSA) is 125 Å². The van der Waals surface area contributed by atoms with Crippen molar-refractivity contribution in [2.45, 2.75) is 30.6 Å². The number of anilines is 2. The molecule has 35 heavy (non-hydrogen) atoms. The highest BCUT2D eigenvalue weighted by atomic mass is 35.5. The zero-order valence-corrected chi connectivity index (χ0v) is 19.1. The van der Waals surface area contributed by atoms with Gasteiger partial charge in [0.15, 0.2) is 11.5 Å². The molecule has 14 heteroatoms. The fourth-order valence-corrected chi connectivity index (χ4v) is 6.16. The van der Waals surface area contributed by atoms with Crippen LogP contribution in [-0.4, -0.2) is 50.3 Å². The highest BCUT2D eigenvalue weighted by Gasteiger charge is 2.71. The lowest BCUT2D eigenvalue weighted by atomic mass is 9.74. The fraction of sp³-hybridized carbons (Fsp3) is 0.381. The van der Waals surface area contributed by atoms with Gasteiger partial charge in [0.1, 0.15) is 11.5 Å². The van der Waals surface area contributed by atoms with Gasteiger partial charge in [-0.15, -0.1) is 0 Å². The molecule has 0 bridgehead atoms. The summed E-state index contributed by atoms with van der Waals surface area (Å²) in [5.74, 6) is -6.32. The van der Waals surface area contributed by atoms with Gasteiger partial charge in [-0.3, -0.25) is 24.3 Å². The molecule has 2 aromatic rings. The van der Waals surface area contributed by atoms with Crippen molar-refractivity contribution in [3.8, 4) is 0 Å². The largest absolute Gasteiger partial charge is 0.481 e. The lowest BCUT2D eigenvalue weighted by Crippen LogP contribution is -2.53. The Morgan fingerprint density at radius 3 is 2.69 bits per heavy atom. The van der Waals surface area contributed by atoms with Crippen molar-refractivity contribution in [1.29, 1.82) is 0 Å². The van der Waals surface area contributed by atoms with Gasteiger partial charge in [-0.1, -0.05) is 23.2 Å². The molecule has 0 radical (unpaired) electrons. The highest BCUT2D eigenvalue weighted by molar-refractivity contribution is 6.38. The van der Waals surface area contributed by atoms with E-state index >= 15 is 0 Å². The van der Waals surface area contributed by atoms with Crippen LogP contribution in [0.1, 0.15) is 24.1 Å². The Labute approximate surface area is 205 Å². The molecule has 4 heterocycles. The van der Waals surface area contributed by atoms with E-state index in [-0.39, 0.29) is 21.3 Å². The van der Waals surface area contributed by atoms with Gasteiger partial charge in [-0.2, -0.15) is 13.2 Å². The molecule has 4 unspecified atom stereocenters. The van der Waals surface area contributed by atoms with E-state index in [1.807, 2.05) is 0 Å². The molecule has 1 spiro atoms. The van der Waals surface area contributed by atoms with Crippen LogP contribution in [0.15, 0.2) is 24.5 Å². The number of hydrogen-bond acceptors (Lipinski definition) is 6. The molecule has 0 saturated carbocycles. The minimum atomic E-state index is -4.79. The van der Waals surface area contributed by atoms with Crippen molar-refractivity contribution in [3.63, 3.8) is 0 Å². The zero-order valence-electron chi connectivity index (χ0n) is 17.6. The van der Waals surface area contributed by atoms with E-state index < -0.39 is 58.9 Å². The van der Waals surface area contributed by atoms with E-state index in [9.17, 15) is 32.7 Å². The summed E-state index contributed by atoms with van der Waals surface area (Å²) in [4.78, 5) is 48.0. The van der Waals surface area contributed by atoms with Gasteiger partial charge in [-0.05, 0) is 31.5 Å². The number of aliphatic carboxylic acids is 1. The third-order valence-electron chi connectivity index (χ3n) is 6.77. The second-order valence-electron chi connectivity index (χ2n) is 8.55. The van der Waals surface area contributed by atoms with Gasteiger partial charge in [-0.25, -0.2) is 4.98 Å². The van der Waals surface area contributed by atoms with Gasteiger partial charge >= 0.3 is 12.1 Å². The van der Waals surface area contributed by atoms with Crippen molar-refractivity contribution < 1.29 is 32.7 Å². The summed E-state index contributed by atoms with van der Waals surface area (Å²) in [5, 5.41) is 15.5. The average molecular weight is 530 g/mol. The quantitative estimate of drug-likeness (QED) is 0.556. The molecule has 1 aromatic heterocycles. The molecule has 3 N–H and O–H groups in total. The van der Waals surface area contributed by atoms with E-state index in [4.69, 9.17) is 23.2 Å². The minimum Gasteiger partial charge on any atom is -0.481 e. The highest BCUT2D eigenvalue weighted by Crippen LogP contribution is 2.59. The maximum absolute atomic E-state index is 13.5. The third kappa shape index (κ3) is 3.46. The molecule has 0 aliphatic carbocycles. The van der Waals surface area contributed by atoms with E-state index in [1.165, 1.54) is 12.1 Å². The van der Waals surface area contributed by atoms with Gasteiger partial charge < -0.3 is 15.7 Å². The number of carboxylic acids is 1. The fourth-order valence-electron chi connectivity index (χ4n) is 5.62. The summed E-state index contributed by atoms with van der Waals surface area (Å²) < 4.78 is 39.1. The number of alkyl halides is 3. The Hall–Kier alpha value is -2.96. The molecular formula is C21H16Cl2F3N5O4. The van der Waals surface area contributed by atoms with Crippen molar-refractivity contribution in [2.75, 3.05) is 17.2 Å². The molecule has 3 aliphatic heterocycles. The molecule has 5 rings (SSSR count). The number of fused-ring (bicyclic) bond motifs is 4. The van der Waals surface area contributed by atoms with Crippen LogP contribution < -0.4 is 10.6 Å². The Kier molecular flexibility index (Phi) is 5.46. The van der Waals surface area contributed by atoms with Crippen molar-refractivity contribution in [3.05, 3.63) is 45.8 Å². The summed E-state index contributed by atoms with van der Waals surface area (Å²) in [7, 11) is 0. The monoisotopic (exact) mass is 529 g/mol. The van der Waals surface area contributed by atoms with Crippen LogP contribution in [0, 0.1) is 11.8 Å². The normalized spacial score (nSPS) is 27.6. The van der Waals surface area contributed by atoms with E-state index in [1.54, 1.807) is 4.90 Å². The van der Waals surface area contributed by atoms with Crippen LogP contribution in [-0.2, 0) is 26.1 Å². The van der Waals surface area contributed by atoms with Gasteiger partial charge in [0, 0.05) is 16.6 Å². The Morgan fingerprint density at radius 2 is 2.00 bits per heavy atom. The summed E-state index contributed by atoms with van der Waals surface area (Å²) in [5.41, 5.74) is -2.64. The summed E-state index contributed by atoms with van der Waals surface area (Å²) in [6, 6.07) is 2.18. The second-order valence-corrected chi connectivity index (χ2v) is 9.40. The molecule has 184 valence electrons. The molecule has 2 fully saturated rings. The average Bonchev–Trinajstić information content (AvgIpc) is 3.42. The lowest BCUT2D eigenvalue weighted by molar-refractivity contribution is -0.152. The first-order chi connectivity index (χ1) is 16.5. The predicted molar refractivity (Wildman–Crippen MR) is 117 cm³/mol. The summed E-state index contributed by atoms with van der Waals surface area (Å²) in [6.45, 7) is 0.318. The molecule has 9 nitrogen and oxygen atoms in total. The first kappa shape index (κ1) is 23.8. The number of nitrogens with one attached hydrogen (secondary N) is 2. The number of carbonyl (C=O) groups is 3. The number of aromatic nitrogens is 2. The number of rotatable bonds is 3. The summed E-state index contributed by atoms with van der Waals surface area (Å²) >= 11 is 12.5. The van der Waals surface area contributed by atoms with E-state index in [0.29, 0.717) is 25.6 Å². The van der Waals surface area contributed by atoms with Gasteiger partial charge in [0.05, 0.1) is 29.0 Å². The van der Waals surface area contributed by atoms with Gasteiger partial charge in [0.25, 0.3) is 5.91 Å². The molecule has 1 aromatic carbocycles.